The van der Waals surface area contributed by atoms with Crippen LogP contribution < -0.4 is 5.32 Å². The lowest BCUT2D eigenvalue weighted by Gasteiger charge is -2.04. The van der Waals surface area contributed by atoms with Gasteiger partial charge in [-0.05, 0) is 31.0 Å². The molecule has 0 saturated heterocycles. The predicted octanol–water partition coefficient (Wildman–Crippen LogP) is 3.45. The van der Waals surface area contributed by atoms with Crippen LogP contribution in [-0.2, 0) is 16.4 Å². The first kappa shape index (κ1) is 16.3. The Morgan fingerprint density at radius 1 is 1.30 bits per heavy atom. The van der Waals surface area contributed by atoms with Gasteiger partial charge in [-0.15, -0.1) is 14.6 Å². The lowest BCUT2D eigenvalue weighted by Crippen LogP contribution is -2.11. The smallest absolute Gasteiger partial charge is 0.285 e. The number of hydrogen-bond donors (Lipinski definition) is 1. The molecule has 0 spiro atoms. The van der Waals surface area contributed by atoms with Crippen LogP contribution >= 0.6 is 27.3 Å². The number of rotatable bonds is 3. The molecule has 1 aromatic carbocycles. The second-order valence-electron chi connectivity index (χ2n) is 4.86. The Hall–Kier alpha value is -1.58. The molecule has 0 atom stereocenters. The Bertz CT molecular complexity index is 932. The second kappa shape index (κ2) is 6.14. The van der Waals surface area contributed by atoms with E-state index in [2.05, 4.69) is 35.8 Å². The lowest BCUT2D eigenvalue weighted by atomic mass is 10.1. The number of hydrogen-bond acceptors (Lipinski definition) is 6. The molecule has 2 heterocycles. The average Bonchev–Trinajstić information content (AvgIpc) is 3.02. The minimum Gasteiger partial charge on any atom is -0.314 e. The van der Waals surface area contributed by atoms with E-state index in [4.69, 9.17) is 0 Å². The fourth-order valence-electron chi connectivity index (χ4n) is 2.20. The predicted molar refractivity (Wildman–Crippen MR) is 96.0 cm³/mol. The number of anilines is 1. The van der Waals surface area contributed by atoms with E-state index in [-0.39, 0.29) is 4.91 Å². The molecule has 1 aliphatic rings. The number of benzene rings is 1. The van der Waals surface area contributed by atoms with Crippen molar-refractivity contribution < 1.29 is 8.42 Å². The van der Waals surface area contributed by atoms with Gasteiger partial charge < -0.3 is 5.32 Å². The molecule has 0 radical (unpaired) electrons. The highest BCUT2D eigenvalue weighted by Gasteiger charge is 2.31. The van der Waals surface area contributed by atoms with E-state index in [0.29, 0.717) is 22.1 Å². The molecular weight excluding hydrogens is 400 g/mol. The van der Waals surface area contributed by atoms with Crippen molar-refractivity contribution in [1.82, 2.24) is 10.2 Å². The number of halogens is 1. The first-order chi connectivity index (χ1) is 10.9. The van der Waals surface area contributed by atoms with Gasteiger partial charge in [-0.25, -0.2) is 0 Å². The van der Waals surface area contributed by atoms with E-state index in [1.165, 1.54) is 11.3 Å². The van der Waals surface area contributed by atoms with Crippen LogP contribution in [0.25, 0.3) is 4.91 Å². The van der Waals surface area contributed by atoms with Gasteiger partial charge >= 0.3 is 0 Å². The van der Waals surface area contributed by atoms with E-state index in [0.717, 1.165) is 15.9 Å². The zero-order chi connectivity index (χ0) is 16.6. The molecule has 1 aliphatic heterocycles. The summed E-state index contributed by atoms with van der Waals surface area (Å²) in [6, 6.07) is 7.14. The average molecular weight is 413 g/mol. The fraction of sp³-hybridized carbons (Fsp3) is 0.214. The van der Waals surface area contributed by atoms with E-state index < -0.39 is 10.0 Å². The topological polar surface area (TPSA) is 84.3 Å². The number of aromatic nitrogens is 2. The van der Waals surface area contributed by atoms with Crippen molar-refractivity contribution in [3.8, 4) is 0 Å². The maximum atomic E-state index is 12.4. The van der Waals surface area contributed by atoms with Gasteiger partial charge in [0.15, 0.2) is 0 Å². The summed E-state index contributed by atoms with van der Waals surface area (Å²) in [6.07, 6.45) is 0.780. The molecule has 1 N–H and O–H groups in total. The largest absolute Gasteiger partial charge is 0.314 e. The van der Waals surface area contributed by atoms with Crippen LogP contribution in [0.1, 0.15) is 24.4 Å². The monoisotopic (exact) mass is 412 g/mol. The minimum atomic E-state index is -3.73. The minimum absolute atomic E-state index is 0.210. The number of aryl methyl sites for hydroxylation is 1. The van der Waals surface area contributed by atoms with Gasteiger partial charge in [-0.1, -0.05) is 46.3 Å². The molecule has 6 nitrogen and oxygen atoms in total. The summed E-state index contributed by atoms with van der Waals surface area (Å²) >= 11 is 4.74. The van der Waals surface area contributed by atoms with Crippen molar-refractivity contribution >= 4 is 53.2 Å². The maximum absolute atomic E-state index is 12.4. The van der Waals surface area contributed by atoms with Gasteiger partial charge in [0, 0.05) is 10.0 Å². The normalized spacial score (nSPS) is 16.6. The highest BCUT2D eigenvalue weighted by atomic mass is 79.9. The summed E-state index contributed by atoms with van der Waals surface area (Å²) in [4.78, 5) is 0.210. The molecule has 0 aliphatic carbocycles. The Kier molecular flexibility index (Phi) is 4.35. The highest BCUT2D eigenvalue weighted by molar-refractivity contribution is 9.10. The van der Waals surface area contributed by atoms with Crippen LogP contribution in [0.2, 0.25) is 0 Å². The summed E-state index contributed by atoms with van der Waals surface area (Å²) in [7, 11) is -3.73. The summed E-state index contributed by atoms with van der Waals surface area (Å²) in [5.74, 6) is 0.291. The molecule has 0 saturated carbocycles. The van der Waals surface area contributed by atoms with E-state index in [9.17, 15) is 8.42 Å². The fourth-order valence-corrected chi connectivity index (χ4v) is 4.70. The van der Waals surface area contributed by atoms with Gasteiger partial charge in [-0.2, -0.15) is 8.42 Å². The van der Waals surface area contributed by atoms with Crippen LogP contribution in [0, 0.1) is 0 Å². The lowest BCUT2D eigenvalue weighted by molar-refractivity contribution is 0.608. The van der Waals surface area contributed by atoms with Gasteiger partial charge in [0.25, 0.3) is 10.0 Å². The van der Waals surface area contributed by atoms with Crippen LogP contribution in [0.15, 0.2) is 38.7 Å². The van der Waals surface area contributed by atoms with Gasteiger partial charge in [0.1, 0.15) is 15.7 Å². The molecule has 0 unspecified atom stereocenters. The van der Waals surface area contributed by atoms with Crippen molar-refractivity contribution in [3.63, 3.8) is 0 Å². The van der Waals surface area contributed by atoms with Crippen LogP contribution in [0.5, 0.6) is 0 Å². The Balaban J connectivity index is 2.00. The summed E-state index contributed by atoms with van der Waals surface area (Å²) in [5.41, 5.74) is 1.17. The van der Waals surface area contributed by atoms with Crippen molar-refractivity contribution in [2.45, 2.75) is 20.3 Å². The number of sulfonamides is 1. The SMILES string of the molecule is CCc1nnc(NC2=NS(=O)(=O)C(c3cccc(Br)c3)=C2C)s1. The molecule has 3 rings (SSSR count). The molecule has 0 bridgehead atoms. The zero-order valence-corrected chi connectivity index (χ0v) is 15.6. The van der Waals surface area contributed by atoms with Gasteiger partial charge in [0.2, 0.25) is 5.13 Å². The summed E-state index contributed by atoms with van der Waals surface area (Å²) in [5, 5.41) is 12.4. The third kappa shape index (κ3) is 3.22. The molecule has 0 fully saturated rings. The molecular formula is C14H13BrN4O2S2. The quantitative estimate of drug-likeness (QED) is 0.833. The van der Waals surface area contributed by atoms with Gasteiger partial charge in [0.05, 0.1) is 0 Å². The third-order valence-corrected chi connectivity index (χ3v) is 6.20. The molecule has 23 heavy (non-hydrogen) atoms. The standard InChI is InChI=1S/C14H13BrN4O2S2/c1-3-11-17-18-14(22-11)16-13-8(2)12(23(20,21)19-13)9-5-4-6-10(15)7-9/h4-7H,3H2,1-2H3,(H,16,18,19). The van der Waals surface area contributed by atoms with Crippen molar-refractivity contribution in [2.24, 2.45) is 4.40 Å². The maximum Gasteiger partial charge on any atom is 0.285 e. The first-order valence-electron chi connectivity index (χ1n) is 6.82. The summed E-state index contributed by atoms with van der Waals surface area (Å²) in [6.45, 7) is 3.72. The second-order valence-corrected chi connectivity index (χ2v) is 8.38. The highest BCUT2D eigenvalue weighted by Crippen LogP contribution is 2.34. The molecule has 1 aromatic heterocycles. The summed E-state index contributed by atoms with van der Waals surface area (Å²) < 4.78 is 29.5. The Labute approximate surface area is 146 Å². The number of nitrogens with zero attached hydrogens (tertiary/aromatic N) is 3. The third-order valence-electron chi connectivity index (χ3n) is 3.25. The van der Waals surface area contributed by atoms with E-state index >= 15 is 0 Å². The van der Waals surface area contributed by atoms with Crippen LogP contribution in [0.4, 0.5) is 5.13 Å². The van der Waals surface area contributed by atoms with Crippen LogP contribution in [0.3, 0.4) is 0 Å². The van der Waals surface area contributed by atoms with E-state index in [1.54, 1.807) is 25.1 Å². The van der Waals surface area contributed by atoms with Crippen molar-refractivity contribution in [3.05, 3.63) is 44.9 Å². The van der Waals surface area contributed by atoms with E-state index in [1.807, 2.05) is 13.0 Å². The number of amidine groups is 1. The van der Waals surface area contributed by atoms with Crippen LogP contribution in [-0.4, -0.2) is 24.5 Å². The van der Waals surface area contributed by atoms with Crippen molar-refractivity contribution in [2.75, 3.05) is 5.32 Å². The van der Waals surface area contributed by atoms with Crippen molar-refractivity contribution in [1.29, 1.82) is 0 Å². The molecule has 0 amide bonds. The Morgan fingerprint density at radius 3 is 2.74 bits per heavy atom. The molecule has 2 aromatic rings. The molecule has 9 heteroatoms. The Morgan fingerprint density at radius 2 is 2.09 bits per heavy atom. The first-order valence-corrected chi connectivity index (χ1v) is 9.87. The molecule has 120 valence electrons. The zero-order valence-electron chi connectivity index (χ0n) is 12.4. The van der Waals surface area contributed by atoms with Gasteiger partial charge in [-0.3, -0.25) is 0 Å². The number of nitrogens with one attached hydrogen (secondary N) is 1.